The lowest BCUT2D eigenvalue weighted by Gasteiger charge is -2.25. The molecule has 1 heterocycles. The fourth-order valence-electron chi connectivity index (χ4n) is 3.06. The first-order chi connectivity index (χ1) is 10.5. The van der Waals surface area contributed by atoms with Crippen molar-refractivity contribution >= 4 is 5.82 Å². The number of aromatic nitrogens is 1. The number of benzene rings is 1. The third-order valence-electron chi connectivity index (χ3n) is 4.21. The van der Waals surface area contributed by atoms with Crippen molar-refractivity contribution in [1.82, 2.24) is 4.98 Å². The molecule has 112 valence electrons. The number of rotatable bonds is 1. The van der Waals surface area contributed by atoms with Crippen LogP contribution in [0.2, 0.25) is 0 Å². The van der Waals surface area contributed by atoms with E-state index in [1.54, 1.807) is 6.07 Å². The van der Waals surface area contributed by atoms with Gasteiger partial charge in [-0.25, -0.2) is 4.98 Å². The third kappa shape index (κ3) is 2.23. The van der Waals surface area contributed by atoms with Gasteiger partial charge < -0.3 is 15.9 Å². The van der Waals surface area contributed by atoms with Crippen LogP contribution >= 0.6 is 0 Å². The van der Waals surface area contributed by atoms with Crippen molar-refractivity contribution in [2.45, 2.75) is 26.2 Å². The molecule has 22 heavy (non-hydrogen) atoms. The molecule has 5 nitrogen and oxygen atoms in total. The summed E-state index contributed by atoms with van der Waals surface area (Å²) in [6, 6.07) is 6.70. The summed E-state index contributed by atoms with van der Waals surface area (Å²) in [6.07, 6.45) is 2.71. The molecule has 2 aromatic rings. The van der Waals surface area contributed by atoms with Crippen molar-refractivity contribution in [3.63, 3.8) is 0 Å². The number of anilines is 1. The lowest BCUT2D eigenvalue weighted by atomic mass is 9.82. The summed E-state index contributed by atoms with van der Waals surface area (Å²) < 4.78 is 0. The number of aromatic hydroxyl groups is 2. The molecule has 1 aromatic carbocycles. The first-order valence-electron chi connectivity index (χ1n) is 7.25. The van der Waals surface area contributed by atoms with E-state index in [1.165, 1.54) is 12.1 Å². The second-order valence-electron chi connectivity index (χ2n) is 5.84. The van der Waals surface area contributed by atoms with Crippen LogP contribution in [0.4, 0.5) is 5.82 Å². The number of hydrogen-bond donors (Lipinski definition) is 3. The Morgan fingerprint density at radius 3 is 2.77 bits per heavy atom. The number of nitrogens with zero attached hydrogens (tertiary/aromatic N) is 2. The minimum Gasteiger partial charge on any atom is -0.504 e. The largest absolute Gasteiger partial charge is 0.504 e. The second kappa shape index (κ2) is 5.23. The SMILES string of the molecule is C[C@@H]1CCc2nc(N)c(C#N)c(-c3ccc(O)c(O)c3)c2C1. The predicted molar refractivity (Wildman–Crippen MR) is 83.3 cm³/mol. The van der Waals surface area contributed by atoms with Crippen molar-refractivity contribution in [3.8, 4) is 28.7 Å². The topological polar surface area (TPSA) is 103 Å². The van der Waals surface area contributed by atoms with Crippen molar-refractivity contribution in [3.05, 3.63) is 35.0 Å². The summed E-state index contributed by atoms with van der Waals surface area (Å²) in [4.78, 5) is 4.39. The smallest absolute Gasteiger partial charge is 0.158 e. The molecule has 0 bridgehead atoms. The van der Waals surface area contributed by atoms with E-state index >= 15 is 0 Å². The lowest BCUT2D eigenvalue weighted by Crippen LogP contribution is -2.16. The maximum Gasteiger partial charge on any atom is 0.158 e. The molecule has 1 aliphatic carbocycles. The number of phenols is 2. The Labute approximate surface area is 128 Å². The Bertz CT molecular complexity index is 793. The monoisotopic (exact) mass is 295 g/mol. The van der Waals surface area contributed by atoms with Gasteiger partial charge in [-0.05, 0) is 48.4 Å². The molecule has 0 aliphatic heterocycles. The molecule has 0 spiro atoms. The Morgan fingerprint density at radius 1 is 1.32 bits per heavy atom. The maximum absolute atomic E-state index is 9.77. The van der Waals surface area contributed by atoms with Gasteiger partial charge in [-0.3, -0.25) is 0 Å². The molecule has 1 atom stereocenters. The van der Waals surface area contributed by atoms with E-state index in [0.717, 1.165) is 36.1 Å². The normalized spacial score (nSPS) is 16.8. The molecule has 1 aliphatic rings. The van der Waals surface area contributed by atoms with Crippen LogP contribution in [0.3, 0.4) is 0 Å². The van der Waals surface area contributed by atoms with E-state index in [9.17, 15) is 15.5 Å². The summed E-state index contributed by atoms with van der Waals surface area (Å²) in [7, 11) is 0. The minimum absolute atomic E-state index is 0.188. The van der Waals surface area contributed by atoms with Crippen molar-refractivity contribution in [1.29, 1.82) is 5.26 Å². The number of nitriles is 1. The van der Waals surface area contributed by atoms with Crippen LogP contribution in [0.5, 0.6) is 11.5 Å². The molecule has 0 unspecified atom stereocenters. The van der Waals surface area contributed by atoms with Crippen LogP contribution < -0.4 is 5.73 Å². The number of aryl methyl sites for hydroxylation is 1. The molecule has 0 saturated carbocycles. The molecule has 0 amide bonds. The summed E-state index contributed by atoms with van der Waals surface area (Å²) in [5, 5.41) is 28.7. The highest BCUT2D eigenvalue weighted by Crippen LogP contribution is 2.39. The van der Waals surface area contributed by atoms with E-state index in [1.807, 2.05) is 0 Å². The fourth-order valence-corrected chi connectivity index (χ4v) is 3.06. The van der Waals surface area contributed by atoms with Gasteiger partial charge in [0.05, 0.1) is 0 Å². The quantitative estimate of drug-likeness (QED) is 0.702. The van der Waals surface area contributed by atoms with Gasteiger partial charge in [0.1, 0.15) is 17.5 Å². The standard InChI is InChI=1S/C17H17N3O2/c1-9-2-4-13-11(6-9)16(12(8-18)17(19)20-13)10-3-5-14(21)15(22)7-10/h3,5,7,9,21-22H,2,4,6H2,1H3,(H2,19,20)/t9-/m1/s1. The zero-order valence-corrected chi connectivity index (χ0v) is 12.3. The van der Waals surface area contributed by atoms with Gasteiger partial charge in [-0.2, -0.15) is 5.26 Å². The van der Waals surface area contributed by atoms with Gasteiger partial charge in [-0.15, -0.1) is 0 Å². The number of fused-ring (bicyclic) bond motifs is 1. The lowest BCUT2D eigenvalue weighted by molar-refractivity contribution is 0.404. The van der Waals surface area contributed by atoms with E-state index in [-0.39, 0.29) is 17.3 Å². The van der Waals surface area contributed by atoms with Crippen molar-refractivity contribution in [2.75, 3.05) is 5.73 Å². The van der Waals surface area contributed by atoms with Gasteiger partial charge in [-0.1, -0.05) is 13.0 Å². The van der Waals surface area contributed by atoms with Gasteiger partial charge in [0.25, 0.3) is 0 Å². The first kappa shape index (κ1) is 14.2. The number of pyridine rings is 1. The van der Waals surface area contributed by atoms with Crippen LogP contribution in [-0.4, -0.2) is 15.2 Å². The zero-order chi connectivity index (χ0) is 15.9. The molecule has 4 N–H and O–H groups in total. The van der Waals surface area contributed by atoms with Crippen LogP contribution in [0.1, 0.15) is 30.2 Å². The van der Waals surface area contributed by atoms with E-state index in [2.05, 4.69) is 18.0 Å². The summed E-state index contributed by atoms with van der Waals surface area (Å²) >= 11 is 0. The summed E-state index contributed by atoms with van der Waals surface area (Å²) in [5.41, 5.74) is 9.63. The molecule has 1 aromatic heterocycles. The van der Waals surface area contributed by atoms with Crippen LogP contribution in [0.25, 0.3) is 11.1 Å². The highest BCUT2D eigenvalue weighted by Gasteiger charge is 2.25. The second-order valence-corrected chi connectivity index (χ2v) is 5.84. The van der Waals surface area contributed by atoms with E-state index in [4.69, 9.17) is 5.73 Å². The van der Waals surface area contributed by atoms with Gasteiger partial charge >= 0.3 is 0 Å². The fraction of sp³-hybridized carbons (Fsp3) is 0.294. The summed E-state index contributed by atoms with van der Waals surface area (Å²) in [6.45, 7) is 2.17. The number of phenolic OH excluding ortho intramolecular Hbond substituents is 2. The van der Waals surface area contributed by atoms with E-state index < -0.39 is 0 Å². The average Bonchev–Trinajstić information content (AvgIpc) is 2.49. The van der Waals surface area contributed by atoms with Crippen LogP contribution in [0, 0.1) is 17.2 Å². The number of hydrogen-bond acceptors (Lipinski definition) is 5. The molecule has 5 heteroatoms. The van der Waals surface area contributed by atoms with E-state index in [0.29, 0.717) is 17.0 Å². The zero-order valence-electron chi connectivity index (χ0n) is 12.3. The Hall–Kier alpha value is -2.74. The Morgan fingerprint density at radius 2 is 2.09 bits per heavy atom. The maximum atomic E-state index is 9.77. The predicted octanol–water partition coefficient (Wildman–Crippen LogP) is 2.74. The first-order valence-corrected chi connectivity index (χ1v) is 7.25. The number of nitrogens with two attached hydrogens (primary N) is 1. The van der Waals surface area contributed by atoms with Crippen LogP contribution in [-0.2, 0) is 12.8 Å². The highest BCUT2D eigenvalue weighted by atomic mass is 16.3. The molecule has 3 rings (SSSR count). The third-order valence-corrected chi connectivity index (χ3v) is 4.21. The molecule has 0 fully saturated rings. The summed E-state index contributed by atoms with van der Waals surface area (Å²) in [5.74, 6) is 0.327. The van der Waals surface area contributed by atoms with Gasteiger partial charge in [0.15, 0.2) is 11.5 Å². The molecular weight excluding hydrogens is 278 g/mol. The van der Waals surface area contributed by atoms with Crippen molar-refractivity contribution in [2.24, 2.45) is 5.92 Å². The van der Waals surface area contributed by atoms with Gasteiger partial charge in [0, 0.05) is 11.3 Å². The highest BCUT2D eigenvalue weighted by molar-refractivity contribution is 5.80. The van der Waals surface area contributed by atoms with Gasteiger partial charge in [0.2, 0.25) is 0 Å². The van der Waals surface area contributed by atoms with Crippen molar-refractivity contribution < 1.29 is 10.2 Å². The van der Waals surface area contributed by atoms with Crippen LogP contribution in [0.15, 0.2) is 18.2 Å². The molecule has 0 radical (unpaired) electrons. The molecule has 0 saturated heterocycles. The Kier molecular flexibility index (Phi) is 3.38. The molecular formula is C17H17N3O2. The average molecular weight is 295 g/mol. The number of nitrogen functional groups attached to an aromatic ring is 1. The minimum atomic E-state index is -0.214. The Balaban J connectivity index is 2.31.